The van der Waals surface area contributed by atoms with Crippen LogP contribution < -0.4 is 0 Å². The number of ether oxygens (including phenoxy) is 1. The first-order valence-corrected chi connectivity index (χ1v) is 8.90. The van der Waals surface area contributed by atoms with Gasteiger partial charge in [-0.15, -0.1) is 0 Å². The highest BCUT2D eigenvalue weighted by atomic mass is 16.5. The van der Waals surface area contributed by atoms with Crippen molar-refractivity contribution >= 4 is 5.78 Å². The second kappa shape index (κ2) is 11.8. The maximum Gasteiger partial charge on any atom is 0.132 e. The summed E-state index contributed by atoms with van der Waals surface area (Å²) in [6.45, 7) is 8.03. The lowest BCUT2D eigenvalue weighted by Gasteiger charge is -2.32. The summed E-state index contributed by atoms with van der Waals surface area (Å²) in [7, 11) is 0. The van der Waals surface area contributed by atoms with E-state index in [4.69, 9.17) is 4.74 Å². The maximum atomic E-state index is 10.5. The number of hydrogen-bond acceptors (Lipinski definition) is 3. The molecule has 2 fully saturated rings. The molecule has 1 saturated heterocycles. The average molecular weight is 295 g/mol. The minimum atomic E-state index is 0.464. The summed E-state index contributed by atoms with van der Waals surface area (Å²) >= 11 is 0. The van der Waals surface area contributed by atoms with E-state index in [1.807, 2.05) is 13.8 Å². The molecule has 0 radical (unpaired) electrons. The van der Waals surface area contributed by atoms with Gasteiger partial charge < -0.3 is 9.64 Å². The van der Waals surface area contributed by atoms with Gasteiger partial charge in [-0.1, -0.05) is 26.3 Å². The molecule has 3 rings (SSSR count). The van der Waals surface area contributed by atoms with Crippen molar-refractivity contribution in [3.05, 3.63) is 11.8 Å². The van der Waals surface area contributed by atoms with Crippen LogP contribution in [-0.2, 0) is 9.53 Å². The largest absolute Gasteiger partial charge is 0.378 e. The zero-order valence-electron chi connectivity index (χ0n) is 14.0. The van der Waals surface area contributed by atoms with Gasteiger partial charge in [-0.25, -0.2) is 0 Å². The van der Waals surface area contributed by atoms with Crippen LogP contribution in [0.1, 0.15) is 71.6 Å². The third kappa shape index (κ3) is 7.66. The van der Waals surface area contributed by atoms with Gasteiger partial charge in [0, 0.05) is 31.6 Å². The zero-order chi connectivity index (χ0) is 15.3. The minimum Gasteiger partial charge on any atom is -0.378 e. The zero-order valence-corrected chi connectivity index (χ0v) is 14.0. The number of ketones is 1. The van der Waals surface area contributed by atoms with E-state index >= 15 is 0 Å². The number of Topliss-reactive ketones (excluding diaryl/α,β-unsaturated/α-hetero) is 1. The van der Waals surface area contributed by atoms with Crippen LogP contribution in [0.4, 0.5) is 0 Å². The number of morpholine rings is 1. The lowest BCUT2D eigenvalue weighted by atomic mass is 10.00. The number of hydrogen-bond donors (Lipinski definition) is 0. The molecule has 0 aromatic rings. The molecule has 0 spiro atoms. The molecule has 0 atom stereocenters. The fourth-order valence-corrected chi connectivity index (χ4v) is 2.91. The van der Waals surface area contributed by atoms with Crippen molar-refractivity contribution in [1.29, 1.82) is 0 Å². The van der Waals surface area contributed by atoms with Crippen molar-refractivity contribution in [2.75, 3.05) is 26.3 Å². The fourth-order valence-electron chi connectivity index (χ4n) is 2.91. The maximum absolute atomic E-state index is 10.5. The number of carbonyl (C=O) groups is 1. The quantitative estimate of drug-likeness (QED) is 0.721. The van der Waals surface area contributed by atoms with E-state index in [0.717, 1.165) is 52.0 Å². The Hall–Kier alpha value is -0.830. The second-order valence-corrected chi connectivity index (χ2v) is 5.64. The van der Waals surface area contributed by atoms with Gasteiger partial charge in [-0.2, -0.15) is 0 Å². The first kappa shape index (κ1) is 18.2. The molecule has 0 amide bonds. The van der Waals surface area contributed by atoms with Gasteiger partial charge in [0.2, 0.25) is 0 Å². The molecule has 1 aliphatic heterocycles. The number of allylic oxidation sites excluding steroid dienone is 2. The highest BCUT2D eigenvalue weighted by Crippen LogP contribution is 2.21. The van der Waals surface area contributed by atoms with Crippen molar-refractivity contribution < 1.29 is 9.53 Å². The van der Waals surface area contributed by atoms with Crippen LogP contribution >= 0.6 is 0 Å². The van der Waals surface area contributed by atoms with Crippen LogP contribution in [0, 0.1) is 0 Å². The molecule has 0 unspecified atom stereocenters. The summed E-state index contributed by atoms with van der Waals surface area (Å²) in [6.07, 6.45) is 13.0. The summed E-state index contributed by atoms with van der Waals surface area (Å²) in [5.74, 6) is 0.464. The molecule has 3 aliphatic rings. The van der Waals surface area contributed by atoms with Gasteiger partial charge in [-0.3, -0.25) is 4.79 Å². The van der Waals surface area contributed by atoms with E-state index in [2.05, 4.69) is 11.0 Å². The van der Waals surface area contributed by atoms with Crippen molar-refractivity contribution in [3.63, 3.8) is 0 Å². The Labute approximate surface area is 130 Å². The number of carbonyl (C=O) groups excluding carboxylic acids is 1. The van der Waals surface area contributed by atoms with Crippen LogP contribution in [-0.4, -0.2) is 37.0 Å². The van der Waals surface area contributed by atoms with E-state index in [9.17, 15) is 4.79 Å². The average Bonchev–Trinajstić information content (AvgIpc) is 2.60. The Kier molecular flexibility index (Phi) is 10.2. The molecule has 0 aromatic heterocycles. The van der Waals surface area contributed by atoms with E-state index < -0.39 is 0 Å². The number of nitrogens with zero attached hydrogens (tertiary/aromatic N) is 1. The predicted molar refractivity (Wildman–Crippen MR) is 88.4 cm³/mol. The highest BCUT2D eigenvalue weighted by molar-refractivity contribution is 5.78. The van der Waals surface area contributed by atoms with Crippen molar-refractivity contribution in [2.24, 2.45) is 0 Å². The Morgan fingerprint density at radius 1 is 0.905 bits per heavy atom. The lowest BCUT2D eigenvalue weighted by Crippen LogP contribution is -2.35. The molecule has 2 aliphatic carbocycles. The summed E-state index contributed by atoms with van der Waals surface area (Å²) < 4.78 is 5.32. The van der Waals surface area contributed by atoms with Crippen LogP contribution in [0.15, 0.2) is 11.8 Å². The molecule has 3 heteroatoms. The van der Waals surface area contributed by atoms with E-state index in [1.54, 1.807) is 5.70 Å². The molecule has 1 heterocycles. The molecular formula is C18H33NO2. The third-order valence-electron chi connectivity index (χ3n) is 4.10. The Morgan fingerprint density at radius 3 is 2.00 bits per heavy atom. The van der Waals surface area contributed by atoms with Gasteiger partial charge in [0.15, 0.2) is 0 Å². The van der Waals surface area contributed by atoms with Gasteiger partial charge in [0.25, 0.3) is 0 Å². The van der Waals surface area contributed by atoms with Crippen LogP contribution in [0.2, 0.25) is 0 Å². The second-order valence-electron chi connectivity index (χ2n) is 5.64. The molecule has 21 heavy (non-hydrogen) atoms. The summed E-state index contributed by atoms with van der Waals surface area (Å²) in [4.78, 5) is 13.0. The van der Waals surface area contributed by atoms with E-state index in [0.29, 0.717) is 5.78 Å². The van der Waals surface area contributed by atoms with E-state index in [1.165, 1.54) is 32.1 Å². The van der Waals surface area contributed by atoms with Crippen molar-refractivity contribution in [1.82, 2.24) is 4.90 Å². The van der Waals surface area contributed by atoms with Gasteiger partial charge in [0.05, 0.1) is 13.2 Å². The van der Waals surface area contributed by atoms with Gasteiger partial charge >= 0.3 is 0 Å². The highest BCUT2D eigenvalue weighted by Gasteiger charge is 2.14. The number of rotatable bonds is 1. The van der Waals surface area contributed by atoms with Crippen LogP contribution in [0.5, 0.6) is 0 Å². The summed E-state index contributed by atoms with van der Waals surface area (Å²) in [5.41, 5.74) is 1.57. The lowest BCUT2D eigenvalue weighted by molar-refractivity contribution is -0.120. The Morgan fingerprint density at radius 2 is 1.52 bits per heavy atom. The summed E-state index contributed by atoms with van der Waals surface area (Å²) in [6, 6.07) is 0. The summed E-state index contributed by atoms with van der Waals surface area (Å²) in [5, 5.41) is 0. The first-order valence-electron chi connectivity index (χ1n) is 8.90. The molecule has 1 saturated carbocycles. The van der Waals surface area contributed by atoms with Crippen LogP contribution in [0.25, 0.3) is 0 Å². The minimum absolute atomic E-state index is 0.464. The monoisotopic (exact) mass is 295 g/mol. The molecule has 3 nitrogen and oxygen atoms in total. The standard InChI is InChI=1S/C10H17NO.C6H10O.C2H6/c1-2-4-10(5-3-1)11-6-8-12-9-7-11;7-6-4-2-1-3-5-6;1-2/h4H,1-3,5-9H2;1-5H2;1-2H3. The van der Waals surface area contributed by atoms with Gasteiger partial charge in [0.1, 0.15) is 5.78 Å². The Balaban J connectivity index is 0.000000210. The molecular weight excluding hydrogens is 262 g/mol. The van der Waals surface area contributed by atoms with Crippen LogP contribution in [0.3, 0.4) is 0 Å². The predicted octanol–water partition coefficient (Wildman–Crippen LogP) is 4.32. The molecule has 0 N–H and O–H groups in total. The fraction of sp³-hybridized carbons (Fsp3) is 0.833. The molecule has 122 valence electrons. The molecule has 0 aromatic carbocycles. The van der Waals surface area contributed by atoms with Gasteiger partial charge in [-0.05, 0) is 38.5 Å². The third-order valence-corrected chi connectivity index (χ3v) is 4.10. The molecule has 0 bridgehead atoms. The smallest absolute Gasteiger partial charge is 0.132 e. The van der Waals surface area contributed by atoms with Crippen molar-refractivity contribution in [2.45, 2.75) is 71.6 Å². The van der Waals surface area contributed by atoms with E-state index in [-0.39, 0.29) is 0 Å². The Bertz CT molecular complexity index is 298. The topological polar surface area (TPSA) is 29.5 Å². The first-order chi connectivity index (χ1) is 10.4. The normalized spacial score (nSPS) is 22.3. The van der Waals surface area contributed by atoms with Crippen molar-refractivity contribution in [3.8, 4) is 0 Å². The SMILES string of the molecule is C1=C(N2CCOCC2)CCCC1.CC.O=C1CCCCC1.